The van der Waals surface area contributed by atoms with Crippen molar-refractivity contribution in [2.45, 2.75) is 18.2 Å². The summed E-state index contributed by atoms with van der Waals surface area (Å²) in [5.74, 6) is -0.569. The van der Waals surface area contributed by atoms with Gasteiger partial charge in [-0.1, -0.05) is 17.7 Å². The molecule has 0 bridgehead atoms. The van der Waals surface area contributed by atoms with E-state index in [-0.39, 0.29) is 23.0 Å². The van der Waals surface area contributed by atoms with Crippen LogP contribution >= 0.6 is 0 Å². The number of anilines is 1. The Bertz CT molecular complexity index is 710. The van der Waals surface area contributed by atoms with E-state index in [0.717, 1.165) is 5.56 Å². The number of benzene rings is 1. The van der Waals surface area contributed by atoms with Gasteiger partial charge in [0, 0.05) is 12.6 Å². The minimum atomic E-state index is -3.44. The van der Waals surface area contributed by atoms with Crippen molar-refractivity contribution in [3.8, 4) is 0 Å². The number of sulfone groups is 1. The fourth-order valence-electron chi connectivity index (χ4n) is 1.75. The third-order valence-electron chi connectivity index (χ3n) is 2.92. The van der Waals surface area contributed by atoms with Crippen LogP contribution in [0.15, 0.2) is 53.7 Å². The van der Waals surface area contributed by atoms with Crippen molar-refractivity contribution >= 4 is 21.4 Å². The molecule has 0 atom stereocenters. The minimum Gasteiger partial charge on any atom is -0.325 e. The summed E-state index contributed by atoms with van der Waals surface area (Å²) in [4.78, 5) is 15.8. The second kappa shape index (κ2) is 6.49. The predicted octanol–water partition coefficient (Wildman–Crippen LogP) is 2.19. The molecule has 0 radical (unpaired) electrons. The van der Waals surface area contributed by atoms with E-state index in [1.807, 2.05) is 6.92 Å². The molecule has 2 aromatic rings. The van der Waals surface area contributed by atoms with E-state index in [1.54, 1.807) is 42.6 Å². The third kappa shape index (κ3) is 4.39. The molecule has 5 nitrogen and oxygen atoms in total. The molecule has 21 heavy (non-hydrogen) atoms. The molecule has 0 aliphatic heterocycles. The lowest BCUT2D eigenvalue weighted by molar-refractivity contribution is -0.115. The molecule has 1 aromatic heterocycles. The monoisotopic (exact) mass is 304 g/mol. The first-order valence-corrected chi connectivity index (χ1v) is 8.12. The molecular formula is C15H16N2O3S. The maximum absolute atomic E-state index is 12.1. The van der Waals surface area contributed by atoms with E-state index >= 15 is 0 Å². The molecule has 110 valence electrons. The Hall–Kier alpha value is -2.21. The zero-order chi connectivity index (χ0) is 15.3. The van der Waals surface area contributed by atoms with Gasteiger partial charge in [-0.25, -0.2) is 8.42 Å². The van der Waals surface area contributed by atoms with Gasteiger partial charge in [-0.05, 0) is 31.2 Å². The number of aromatic nitrogens is 1. The fourth-order valence-corrected chi connectivity index (χ4v) is 2.99. The number of carbonyl (C=O) groups is 1. The van der Waals surface area contributed by atoms with Crippen molar-refractivity contribution in [3.05, 3.63) is 54.4 Å². The number of hydrogen-bond acceptors (Lipinski definition) is 4. The van der Waals surface area contributed by atoms with Gasteiger partial charge in [-0.2, -0.15) is 0 Å². The first-order chi connectivity index (χ1) is 9.97. The topological polar surface area (TPSA) is 76.1 Å². The number of aryl methyl sites for hydroxylation is 1. The number of hydrogen-bond donors (Lipinski definition) is 1. The van der Waals surface area contributed by atoms with Gasteiger partial charge in [0.2, 0.25) is 5.91 Å². The van der Waals surface area contributed by atoms with E-state index in [0.29, 0.717) is 5.69 Å². The van der Waals surface area contributed by atoms with E-state index < -0.39 is 9.84 Å². The standard InChI is InChI=1S/C15H16N2O3S/c1-12-4-6-14(7-5-12)21(19,20)10-8-15(18)17-13-3-2-9-16-11-13/h2-7,9,11H,8,10H2,1H3,(H,17,18). The summed E-state index contributed by atoms with van der Waals surface area (Å²) in [5, 5.41) is 2.61. The van der Waals surface area contributed by atoms with Crippen LogP contribution in [0.4, 0.5) is 5.69 Å². The van der Waals surface area contributed by atoms with Gasteiger partial charge in [0.1, 0.15) is 0 Å². The molecular weight excluding hydrogens is 288 g/mol. The molecule has 0 spiro atoms. The highest BCUT2D eigenvalue weighted by molar-refractivity contribution is 7.91. The second-order valence-corrected chi connectivity index (χ2v) is 6.78. The largest absolute Gasteiger partial charge is 0.325 e. The molecule has 2 rings (SSSR count). The van der Waals surface area contributed by atoms with Crippen LogP contribution in [0.3, 0.4) is 0 Å². The normalized spacial score (nSPS) is 11.1. The number of nitrogens with one attached hydrogen (secondary N) is 1. The second-order valence-electron chi connectivity index (χ2n) is 4.67. The Morgan fingerprint density at radius 1 is 1.19 bits per heavy atom. The maximum atomic E-state index is 12.1. The summed E-state index contributed by atoms with van der Waals surface area (Å²) in [6, 6.07) is 9.98. The lowest BCUT2D eigenvalue weighted by atomic mass is 10.2. The summed E-state index contributed by atoms with van der Waals surface area (Å²) in [6.07, 6.45) is 3.01. The van der Waals surface area contributed by atoms with E-state index in [9.17, 15) is 13.2 Å². The average Bonchev–Trinajstić information content (AvgIpc) is 2.47. The Balaban J connectivity index is 1.95. The number of nitrogens with zero attached hydrogens (tertiary/aromatic N) is 1. The number of amides is 1. The van der Waals surface area contributed by atoms with Crippen LogP contribution < -0.4 is 5.32 Å². The van der Waals surface area contributed by atoms with Gasteiger partial charge in [0.05, 0.1) is 22.5 Å². The van der Waals surface area contributed by atoms with Crippen molar-refractivity contribution in [1.29, 1.82) is 0 Å². The predicted molar refractivity (Wildman–Crippen MR) is 80.7 cm³/mol. The Kier molecular flexibility index (Phi) is 4.70. The van der Waals surface area contributed by atoms with E-state index in [2.05, 4.69) is 10.3 Å². The highest BCUT2D eigenvalue weighted by Crippen LogP contribution is 2.13. The minimum absolute atomic E-state index is 0.0922. The average molecular weight is 304 g/mol. The van der Waals surface area contributed by atoms with Crippen molar-refractivity contribution in [2.75, 3.05) is 11.1 Å². The first kappa shape index (κ1) is 15.2. The van der Waals surface area contributed by atoms with Crippen molar-refractivity contribution in [3.63, 3.8) is 0 Å². The maximum Gasteiger partial charge on any atom is 0.225 e. The number of rotatable bonds is 5. The Morgan fingerprint density at radius 2 is 1.90 bits per heavy atom. The molecule has 1 N–H and O–H groups in total. The van der Waals surface area contributed by atoms with Crippen LogP contribution in [0.2, 0.25) is 0 Å². The fraction of sp³-hybridized carbons (Fsp3) is 0.200. The quantitative estimate of drug-likeness (QED) is 0.918. The third-order valence-corrected chi connectivity index (χ3v) is 4.66. The molecule has 6 heteroatoms. The van der Waals surface area contributed by atoms with Crippen molar-refractivity contribution in [2.24, 2.45) is 0 Å². The van der Waals surface area contributed by atoms with Gasteiger partial charge in [-0.3, -0.25) is 9.78 Å². The molecule has 1 amide bonds. The molecule has 0 aliphatic rings. The zero-order valence-electron chi connectivity index (χ0n) is 11.6. The number of pyridine rings is 1. The summed E-state index contributed by atoms with van der Waals surface area (Å²) in [7, 11) is -3.44. The SMILES string of the molecule is Cc1ccc(S(=O)(=O)CCC(=O)Nc2cccnc2)cc1. The zero-order valence-corrected chi connectivity index (χ0v) is 12.4. The molecule has 0 fully saturated rings. The molecule has 0 saturated heterocycles. The van der Waals surface area contributed by atoms with Gasteiger partial charge in [0.15, 0.2) is 9.84 Å². The van der Waals surface area contributed by atoms with Gasteiger partial charge in [0.25, 0.3) is 0 Å². The van der Waals surface area contributed by atoms with Crippen molar-refractivity contribution < 1.29 is 13.2 Å². The summed E-state index contributed by atoms with van der Waals surface area (Å²) < 4.78 is 24.2. The summed E-state index contributed by atoms with van der Waals surface area (Å²) in [6.45, 7) is 1.89. The first-order valence-electron chi connectivity index (χ1n) is 6.47. The van der Waals surface area contributed by atoms with Crippen LogP contribution in [0, 0.1) is 6.92 Å². The molecule has 0 aliphatic carbocycles. The van der Waals surface area contributed by atoms with Crippen LogP contribution in [-0.4, -0.2) is 25.1 Å². The van der Waals surface area contributed by atoms with Crippen LogP contribution in [-0.2, 0) is 14.6 Å². The van der Waals surface area contributed by atoms with E-state index in [1.165, 1.54) is 6.20 Å². The lowest BCUT2D eigenvalue weighted by Gasteiger charge is -2.06. The highest BCUT2D eigenvalue weighted by Gasteiger charge is 2.16. The van der Waals surface area contributed by atoms with Crippen LogP contribution in [0.5, 0.6) is 0 Å². The van der Waals surface area contributed by atoms with Crippen LogP contribution in [0.25, 0.3) is 0 Å². The van der Waals surface area contributed by atoms with Gasteiger partial charge >= 0.3 is 0 Å². The molecule has 0 saturated carbocycles. The Labute approximate surface area is 124 Å². The van der Waals surface area contributed by atoms with E-state index in [4.69, 9.17) is 0 Å². The Morgan fingerprint density at radius 3 is 2.52 bits per heavy atom. The van der Waals surface area contributed by atoms with Crippen LogP contribution in [0.1, 0.15) is 12.0 Å². The molecule has 1 heterocycles. The molecule has 1 aromatic carbocycles. The lowest BCUT2D eigenvalue weighted by Crippen LogP contribution is -2.17. The highest BCUT2D eigenvalue weighted by atomic mass is 32.2. The van der Waals surface area contributed by atoms with Crippen molar-refractivity contribution in [1.82, 2.24) is 4.98 Å². The summed E-state index contributed by atoms with van der Waals surface area (Å²) >= 11 is 0. The smallest absolute Gasteiger partial charge is 0.225 e. The van der Waals surface area contributed by atoms with Gasteiger partial charge in [-0.15, -0.1) is 0 Å². The molecule has 0 unspecified atom stereocenters. The summed E-state index contributed by atoms with van der Waals surface area (Å²) in [5.41, 5.74) is 1.54. The van der Waals surface area contributed by atoms with Gasteiger partial charge < -0.3 is 5.32 Å². The number of carbonyl (C=O) groups excluding carboxylic acids is 1.